The van der Waals surface area contributed by atoms with Crippen LogP contribution in [0.4, 0.5) is 0 Å². The van der Waals surface area contributed by atoms with Crippen LogP contribution in [-0.2, 0) is 28.5 Å². The lowest BCUT2D eigenvalue weighted by atomic mass is 9.83. The number of epoxide rings is 1. The minimum absolute atomic E-state index is 0.0506. The summed E-state index contributed by atoms with van der Waals surface area (Å²) >= 11 is 0. The highest BCUT2D eigenvalue weighted by molar-refractivity contribution is 5.87. The standard InChI is InChI=1S/C28H43NO7/c1-17(9-12-24-26(32)28(16-33-28)15-27(6,7)36-24)8-11-23-18(2)14-22(20(4)35-23)29-25(31)13-10-19(3)34-21(5)30/h8-10,12-13,18-20,22-24,26,32H,11,14-16H2,1-7H3,(H,29,31)/b12-9+,13-10-,17-8+/t18?,19?,20-,22+,23+,24-,26-,28+/m1/s1. The molecular formula is C28H43NO7. The minimum atomic E-state index is -0.663. The molecule has 0 radical (unpaired) electrons. The van der Waals surface area contributed by atoms with Gasteiger partial charge in [0.05, 0.1) is 30.5 Å². The van der Waals surface area contributed by atoms with E-state index in [1.807, 2.05) is 39.8 Å². The van der Waals surface area contributed by atoms with E-state index < -0.39 is 23.9 Å². The van der Waals surface area contributed by atoms with Crippen LogP contribution < -0.4 is 5.32 Å². The van der Waals surface area contributed by atoms with E-state index in [4.69, 9.17) is 18.9 Å². The average molecular weight is 506 g/mol. The van der Waals surface area contributed by atoms with Gasteiger partial charge in [-0.2, -0.15) is 0 Å². The molecule has 0 saturated carbocycles. The van der Waals surface area contributed by atoms with Crippen molar-refractivity contribution in [1.82, 2.24) is 5.32 Å². The molecule has 0 aliphatic carbocycles. The summed E-state index contributed by atoms with van der Waals surface area (Å²) in [5.74, 6) is -0.346. The number of rotatable bonds is 8. The summed E-state index contributed by atoms with van der Waals surface area (Å²) in [5.41, 5.74) is 0.274. The van der Waals surface area contributed by atoms with Crippen LogP contribution in [-0.4, -0.2) is 71.4 Å². The number of allylic oxidation sites excluding steroid dienone is 2. The van der Waals surface area contributed by atoms with Crippen LogP contribution in [0.25, 0.3) is 0 Å². The molecule has 0 aromatic carbocycles. The van der Waals surface area contributed by atoms with E-state index in [1.54, 1.807) is 13.0 Å². The fraction of sp³-hybridized carbons (Fsp3) is 0.714. The molecule has 0 aromatic heterocycles. The first kappa shape index (κ1) is 28.6. The molecule has 0 aromatic rings. The normalized spacial score (nSPS) is 37.3. The van der Waals surface area contributed by atoms with Gasteiger partial charge in [-0.25, -0.2) is 0 Å². The molecular weight excluding hydrogens is 462 g/mol. The second-order valence-corrected chi connectivity index (χ2v) is 11.2. The molecule has 1 spiro atoms. The number of carbonyl (C=O) groups excluding carboxylic acids is 2. The second kappa shape index (κ2) is 11.6. The molecule has 8 heteroatoms. The summed E-state index contributed by atoms with van der Waals surface area (Å²) in [4.78, 5) is 23.3. The van der Waals surface area contributed by atoms with E-state index in [-0.39, 0.29) is 41.6 Å². The van der Waals surface area contributed by atoms with Crippen molar-refractivity contribution in [3.8, 4) is 0 Å². The fourth-order valence-corrected chi connectivity index (χ4v) is 5.19. The zero-order chi connectivity index (χ0) is 26.7. The van der Waals surface area contributed by atoms with Gasteiger partial charge in [-0.3, -0.25) is 9.59 Å². The first-order valence-electron chi connectivity index (χ1n) is 13.0. The summed E-state index contributed by atoms with van der Waals surface area (Å²) in [6, 6.07) is -0.0901. The fourth-order valence-electron chi connectivity index (χ4n) is 5.19. The number of esters is 1. The van der Waals surface area contributed by atoms with E-state index in [0.29, 0.717) is 13.0 Å². The van der Waals surface area contributed by atoms with Gasteiger partial charge < -0.3 is 29.4 Å². The SMILES string of the molecule is CC(=O)OC(C)/C=C\C(=O)N[C@H]1CC(C)[C@H](C/C=C(C)/C=C/[C@H]2OC(C)(C)C[C@]3(CO3)[C@@H]2O)O[C@@H]1C. The molecule has 3 aliphatic rings. The van der Waals surface area contributed by atoms with Crippen LogP contribution in [0.3, 0.4) is 0 Å². The maximum Gasteiger partial charge on any atom is 0.303 e. The summed E-state index contributed by atoms with van der Waals surface area (Å²) in [7, 11) is 0. The maximum atomic E-state index is 12.3. The second-order valence-electron chi connectivity index (χ2n) is 11.2. The highest BCUT2D eigenvalue weighted by Gasteiger charge is 2.60. The van der Waals surface area contributed by atoms with E-state index >= 15 is 0 Å². The van der Waals surface area contributed by atoms with Crippen LogP contribution in [0.1, 0.15) is 67.7 Å². The van der Waals surface area contributed by atoms with Crippen LogP contribution in [0, 0.1) is 5.92 Å². The molecule has 1 amide bonds. The average Bonchev–Trinajstić information content (AvgIpc) is 3.54. The molecule has 202 valence electrons. The summed E-state index contributed by atoms with van der Waals surface area (Å²) in [5, 5.41) is 13.7. The van der Waals surface area contributed by atoms with Gasteiger partial charge in [0.1, 0.15) is 23.9 Å². The summed E-state index contributed by atoms with van der Waals surface area (Å²) < 4.78 is 23.0. The first-order chi connectivity index (χ1) is 16.8. The number of amides is 1. The Morgan fingerprint density at radius 2 is 1.92 bits per heavy atom. The van der Waals surface area contributed by atoms with Crippen LogP contribution in [0.5, 0.6) is 0 Å². The lowest BCUT2D eigenvalue weighted by Crippen LogP contribution is -2.53. The smallest absolute Gasteiger partial charge is 0.303 e. The number of hydrogen-bond acceptors (Lipinski definition) is 7. The lowest BCUT2D eigenvalue weighted by Gasteiger charge is -2.41. The van der Waals surface area contributed by atoms with Crippen LogP contribution in [0.2, 0.25) is 0 Å². The highest BCUT2D eigenvalue weighted by Crippen LogP contribution is 2.46. The quantitative estimate of drug-likeness (QED) is 0.225. The molecule has 8 nitrogen and oxygen atoms in total. The van der Waals surface area contributed by atoms with Gasteiger partial charge in [0.15, 0.2) is 0 Å². The van der Waals surface area contributed by atoms with E-state index in [1.165, 1.54) is 13.0 Å². The van der Waals surface area contributed by atoms with Crippen LogP contribution >= 0.6 is 0 Å². The molecule has 0 bridgehead atoms. The van der Waals surface area contributed by atoms with Crippen LogP contribution in [0.15, 0.2) is 36.0 Å². The monoisotopic (exact) mass is 505 g/mol. The zero-order valence-electron chi connectivity index (χ0n) is 22.7. The van der Waals surface area contributed by atoms with Gasteiger partial charge >= 0.3 is 5.97 Å². The topological polar surface area (TPSA) is 107 Å². The van der Waals surface area contributed by atoms with Crippen molar-refractivity contribution in [2.24, 2.45) is 5.92 Å². The van der Waals surface area contributed by atoms with Crippen molar-refractivity contribution in [2.75, 3.05) is 6.61 Å². The number of nitrogens with one attached hydrogen (secondary N) is 1. The van der Waals surface area contributed by atoms with E-state index in [9.17, 15) is 14.7 Å². The Bertz CT molecular complexity index is 888. The van der Waals surface area contributed by atoms with Crippen molar-refractivity contribution in [1.29, 1.82) is 0 Å². The van der Waals surface area contributed by atoms with E-state index in [0.717, 1.165) is 18.4 Å². The van der Waals surface area contributed by atoms with Gasteiger partial charge in [-0.05, 0) is 59.5 Å². The molecule has 3 aliphatic heterocycles. The Morgan fingerprint density at radius 3 is 2.56 bits per heavy atom. The van der Waals surface area contributed by atoms with E-state index in [2.05, 4.69) is 18.3 Å². The van der Waals surface area contributed by atoms with Crippen molar-refractivity contribution < 1.29 is 33.6 Å². The number of ether oxygens (including phenoxy) is 4. The first-order valence-corrected chi connectivity index (χ1v) is 13.0. The largest absolute Gasteiger partial charge is 0.459 e. The predicted molar refractivity (Wildman–Crippen MR) is 136 cm³/mol. The lowest BCUT2D eigenvalue weighted by molar-refractivity contribution is -0.171. The van der Waals surface area contributed by atoms with Gasteiger partial charge in [-0.1, -0.05) is 30.7 Å². The van der Waals surface area contributed by atoms with Crippen molar-refractivity contribution >= 4 is 11.9 Å². The Hall–Kier alpha value is -2.00. The van der Waals surface area contributed by atoms with Gasteiger partial charge in [0.2, 0.25) is 5.91 Å². The third-order valence-corrected chi connectivity index (χ3v) is 7.18. The highest BCUT2D eigenvalue weighted by atomic mass is 16.6. The zero-order valence-corrected chi connectivity index (χ0v) is 22.7. The third kappa shape index (κ3) is 7.75. The number of hydrogen-bond donors (Lipinski definition) is 2. The van der Waals surface area contributed by atoms with Crippen molar-refractivity contribution in [3.63, 3.8) is 0 Å². The molecule has 2 unspecified atom stereocenters. The molecule has 3 saturated heterocycles. The molecule has 8 atom stereocenters. The third-order valence-electron chi connectivity index (χ3n) is 7.18. The maximum absolute atomic E-state index is 12.3. The van der Waals surface area contributed by atoms with Gasteiger partial charge in [0, 0.05) is 19.4 Å². The van der Waals surface area contributed by atoms with Gasteiger partial charge in [-0.15, -0.1) is 0 Å². The number of carbonyl (C=O) groups is 2. The Balaban J connectivity index is 1.49. The molecule has 2 N–H and O–H groups in total. The predicted octanol–water partition coefficient (Wildman–Crippen LogP) is 3.38. The van der Waals surface area contributed by atoms with Crippen molar-refractivity contribution in [2.45, 2.75) is 115 Å². The molecule has 3 rings (SSSR count). The van der Waals surface area contributed by atoms with Crippen molar-refractivity contribution in [3.05, 3.63) is 36.0 Å². The minimum Gasteiger partial charge on any atom is -0.459 e. The number of aliphatic hydroxyl groups excluding tert-OH is 1. The Kier molecular flexibility index (Phi) is 9.20. The van der Waals surface area contributed by atoms with Gasteiger partial charge in [0.25, 0.3) is 0 Å². The number of aliphatic hydroxyl groups is 1. The molecule has 36 heavy (non-hydrogen) atoms. The Morgan fingerprint density at radius 1 is 1.22 bits per heavy atom. The molecule has 3 heterocycles. The summed E-state index contributed by atoms with van der Waals surface area (Å²) in [6.07, 6.45) is 9.71. The molecule has 3 fully saturated rings. The Labute approximate surface area is 215 Å². The summed E-state index contributed by atoms with van der Waals surface area (Å²) in [6.45, 7) is 13.8.